The van der Waals surface area contributed by atoms with Crippen molar-refractivity contribution in [3.63, 3.8) is 0 Å². The topological polar surface area (TPSA) is 64.9 Å². The van der Waals surface area contributed by atoms with E-state index in [2.05, 4.69) is 62.8 Å². The molecule has 0 unspecified atom stereocenters. The first-order chi connectivity index (χ1) is 13.4. The van der Waals surface area contributed by atoms with Gasteiger partial charge in [0.1, 0.15) is 11.3 Å². The third-order valence-corrected chi connectivity index (χ3v) is 5.12. The smallest absolute Gasteiger partial charge is 0.159 e. The molecule has 1 atom stereocenters. The van der Waals surface area contributed by atoms with Crippen molar-refractivity contribution < 1.29 is 4.74 Å². The monoisotopic (exact) mass is 381 g/mol. The van der Waals surface area contributed by atoms with Gasteiger partial charge in [0, 0.05) is 31.6 Å². The van der Waals surface area contributed by atoms with Crippen LogP contribution in [0.1, 0.15) is 56.6 Å². The van der Waals surface area contributed by atoms with Gasteiger partial charge >= 0.3 is 0 Å². The van der Waals surface area contributed by atoms with E-state index in [0.29, 0.717) is 12.5 Å². The molecule has 3 rings (SSSR count). The Morgan fingerprint density at radius 3 is 2.50 bits per heavy atom. The highest BCUT2D eigenvalue weighted by Crippen LogP contribution is 2.32. The van der Waals surface area contributed by atoms with Crippen LogP contribution in [-0.2, 0) is 11.2 Å². The Kier molecular flexibility index (Phi) is 5.98. The zero-order valence-corrected chi connectivity index (χ0v) is 18.0. The average Bonchev–Trinajstić information content (AvgIpc) is 3.02. The molecular weight excluding hydrogens is 350 g/mol. The maximum absolute atomic E-state index is 5.34. The minimum Gasteiger partial charge on any atom is -0.383 e. The molecule has 3 aromatic rings. The van der Waals surface area contributed by atoms with Crippen LogP contribution in [-0.4, -0.2) is 40.3 Å². The lowest BCUT2D eigenvalue weighted by Crippen LogP contribution is -2.11. The number of ether oxygens (including phenoxy) is 1. The van der Waals surface area contributed by atoms with Gasteiger partial charge in [0.2, 0.25) is 0 Å². The van der Waals surface area contributed by atoms with Crippen molar-refractivity contribution in [1.29, 1.82) is 0 Å². The summed E-state index contributed by atoms with van der Waals surface area (Å²) in [5, 5.41) is 3.24. The number of aryl methyl sites for hydroxylation is 2. The molecule has 0 aliphatic carbocycles. The quantitative estimate of drug-likeness (QED) is 0.640. The summed E-state index contributed by atoms with van der Waals surface area (Å²) in [6.45, 7) is 11.3. The number of pyridine rings is 1. The van der Waals surface area contributed by atoms with Crippen LogP contribution >= 0.6 is 0 Å². The third kappa shape index (κ3) is 3.61. The van der Waals surface area contributed by atoms with Gasteiger partial charge in [-0.1, -0.05) is 20.8 Å². The van der Waals surface area contributed by atoms with Crippen LogP contribution in [0.3, 0.4) is 0 Å². The van der Waals surface area contributed by atoms with E-state index in [0.717, 1.165) is 51.6 Å². The van der Waals surface area contributed by atoms with Crippen LogP contribution in [0.4, 0.5) is 5.82 Å². The molecular formula is C22H31N5O. The first-order valence-corrected chi connectivity index (χ1v) is 9.97. The lowest BCUT2D eigenvalue weighted by molar-refractivity contribution is 0.163. The lowest BCUT2D eigenvalue weighted by atomic mass is 10.0. The Hall–Kier alpha value is -2.47. The van der Waals surface area contributed by atoms with Crippen molar-refractivity contribution in [2.45, 2.75) is 53.0 Å². The summed E-state index contributed by atoms with van der Waals surface area (Å²) in [4.78, 5) is 14.9. The summed E-state index contributed by atoms with van der Waals surface area (Å²) >= 11 is 0. The number of nitrogens with zero attached hydrogens (tertiary/aromatic N) is 4. The van der Waals surface area contributed by atoms with Gasteiger partial charge in [-0.3, -0.25) is 0 Å². The standard InChI is InChI=1S/C22H31N5O/c1-8-17-20(16-9-10-18(13(2)3)24-21(16)23-6)26-19-14(4)11-27(22(19)25-17)15(5)12-28-7/h9-11,13,15H,8,12H2,1-7H3,(H,23,24)/t15-/m0/s1. The van der Waals surface area contributed by atoms with Gasteiger partial charge in [0.25, 0.3) is 0 Å². The largest absolute Gasteiger partial charge is 0.383 e. The highest BCUT2D eigenvalue weighted by molar-refractivity contribution is 5.82. The van der Waals surface area contributed by atoms with E-state index < -0.39 is 0 Å². The van der Waals surface area contributed by atoms with Crippen molar-refractivity contribution >= 4 is 17.0 Å². The molecule has 0 saturated carbocycles. The summed E-state index contributed by atoms with van der Waals surface area (Å²) in [5.41, 5.74) is 6.92. The summed E-state index contributed by atoms with van der Waals surface area (Å²) in [6.07, 6.45) is 2.92. The molecule has 0 radical (unpaired) electrons. The number of hydrogen-bond acceptors (Lipinski definition) is 5. The summed E-state index contributed by atoms with van der Waals surface area (Å²) in [6, 6.07) is 4.40. The van der Waals surface area contributed by atoms with Gasteiger partial charge in [-0.05, 0) is 43.9 Å². The molecule has 28 heavy (non-hydrogen) atoms. The molecule has 0 fully saturated rings. The number of methoxy groups -OCH3 is 1. The summed E-state index contributed by atoms with van der Waals surface area (Å²) < 4.78 is 7.51. The average molecular weight is 382 g/mol. The Bertz CT molecular complexity index is 977. The number of fused-ring (bicyclic) bond motifs is 1. The second kappa shape index (κ2) is 8.27. The van der Waals surface area contributed by atoms with E-state index in [1.54, 1.807) is 7.11 Å². The molecule has 0 amide bonds. The molecule has 0 aliphatic heterocycles. The maximum Gasteiger partial charge on any atom is 0.159 e. The predicted molar refractivity (Wildman–Crippen MR) is 115 cm³/mol. The van der Waals surface area contributed by atoms with Gasteiger partial charge in [0.05, 0.1) is 24.0 Å². The number of aromatic nitrogens is 4. The van der Waals surface area contributed by atoms with Crippen molar-refractivity contribution in [1.82, 2.24) is 19.5 Å². The molecule has 1 N–H and O–H groups in total. The van der Waals surface area contributed by atoms with Crippen LogP contribution < -0.4 is 5.32 Å². The van der Waals surface area contributed by atoms with Crippen LogP contribution in [0.25, 0.3) is 22.4 Å². The van der Waals surface area contributed by atoms with Gasteiger partial charge < -0.3 is 14.6 Å². The van der Waals surface area contributed by atoms with Crippen molar-refractivity contribution in [2.75, 3.05) is 26.1 Å². The van der Waals surface area contributed by atoms with Crippen molar-refractivity contribution in [2.24, 2.45) is 0 Å². The number of rotatable bonds is 7. The molecule has 0 aromatic carbocycles. The van der Waals surface area contributed by atoms with Crippen LogP contribution in [0.15, 0.2) is 18.3 Å². The zero-order valence-electron chi connectivity index (χ0n) is 18.0. The van der Waals surface area contributed by atoms with Crippen LogP contribution in [0.2, 0.25) is 0 Å². The van der Waals surface area contributed by atoms with Crippen molar-refractivity contribution in [3.8, 4) is 11.3 Å². The molecule has 6 heteroatoms. The number of anilines is 1. The number of nitrogens with one attached hydrogen (secondary N) is 1. The van der Waals surface area contributed by atoms with Crippen LogP contribution in [0, 0.1) is 6.92 Å². The number of hydrogen-bond donors (Lipinski definition) is 1. The van der Waals surface area contributed by atoms with E-state index in [1.165, 1.54) is 0 Å². The second-order valence-electron chi connectivity index (χ2n) is 7.61. The molecule has 0 aliphatic rings. The van der Waals surface area contributed by atoms with E-state index in [1.807, 2.05) is 7.05 Å². The third-order valence-electron chi connectivity index (χ3n) is 5.12. The second-order valence-corrected chi connectivity index (χ2v) is 7.61. The van der Waals surface area contributed by atoms with Crippen molar-refractivity contribution in [3.05, 3.63) is 35.3 Å². The Morgan fingerprint density at radius 2 is 1.89 bits per heavy atom. The summed E-state index contributed by atoms with van der Waals surface area (Å²) in [5.74, 6) is 1.22. The first kappa shape index (κ1) is 20.3. The molecule has 6 nitrogen and oxygen atoms in total. The normalized spacial score (nSPS) is 12.7. The predicted octanol–water partition coefficient (Wildman–Crippen LogP) is 4.74. The highest BCUT2D eigenvalue weighted by Gasteiger charge is 2.20. The zero-order chi connectivity index (χ0) is 20.4. The first-order valence-electron chi connectivity index (χ1n) is 9.97. The van der Waals surface area contributed by atoms with Gasteiger partial charge in [-0.15, -0.1) is 0 Å². The lowest BCUT2D eigenvalue weighted by Gasteiger charge is -2.16. The molecule has 0 bridgehead atoms. The Morgan fingerprint density at radius 1 is 1.14 bits per heavy atom. The van der Waals surface area contributed by atoms with Gasteiger partial charge in [-0.25, -0.2) is 15.0 Å². The molecule has 3 aromatic heterocycles. The molecule has 0 spiro atoms. The Labute approximate surface area is 167 Å². The van der Waals surface area contributed by atoms with Gasteiger partial charge in [-0.2, -0.15) is 0 Å². The van der Waals surface area contributed by atoms with E-state index in [-0.39, 0.29) is 6.04 Å². The van der Waals surface area contributed by atoms with Gasteiger partial charge in [0.15, 0.2) is 5.65 Å². The molecule has 150 valence electrons. The minimum absolute atomic E-state index is 0.200. The fourth-order valence-corrected chi connectivity index (χ4v) is 3.53. The summed E-state index contributed by atoms with van der Waals surface area (Å²) in [7, 11) is 3.63. The minimum atomic E-state index is 0.200. The fourth-order valence-electron chi connectivity index (χ4n) is 3.53. The molecule has 0 saturated heterocycles. The SMILES string of the molecule is CCc1nc2c(nc1-c1ccc(C(C)C)nc1NC)c(C)cn2[C@@H](C)COC. The Balaban J connectivity index is 2.21. The van der Waals surface area contributed by atoms with E-state index >= 15 is 0 Å². The maximum atomic E-state index is 5.34. The van der Waals surface area contributed by atoms with E-state index in [4.69, 9.17) is 19.7 Å². The highest BCUT2D eigenvalue weighted by atomic mass is 16.5. The fraction of sp³-hybridized carbons (Fsp3) is 0.500. The molecule has 3 heterocycles. The van der Waals surface area contributed by atoms with E-state index in [9.17, 15) is 0 Å². The van der Waals surface area contributed by atoms with Crippen LogP contribution in [0.5, 0.6) is 0 Å².